The van der Waals surface area contributed by atoms with E-state index >= 15 is 0 Å². The third-order valence-corrected chi connectivity index (χ3v) is 4.97. The summed E-state index contributed by atoms with van der Waals surface area (Å²) >= 11 is 0. The fourth-order valence-corrected chi connectivity index (χ4v) is 3.37. The van der Waals surface area contributed by atoms with Gasteiger partial charge in [0.1, 0.15) is 0 Å². The molecular formula is C15H30N4O. The van der Waals surface area contributed by atoms with Gasteiger partial charge < -0.3 is 9.80 Å². The van der Waals surface area contributed by atoms with E-state index < -0.39 is 0 Å². The Morgan fingerprint density at radius 1 is 1.10 bits per heavy atom. The molecule has 2 heterocycles. The Kier molecular flexibility index (Phi) is 4.59. The van der Waals surface area contributed by atoms with Gasteiger partial charge in [0.05, 0.1) is 0 Å². The maximum Gasteiger partial charge on any atom is 0.320 e. The standard InChI is InChI=1S/C15H30N4O/c1-11(2)17(6)15(20)18-9-13-14(10-18)19(12(3)4)8-7-16(13)5/h11-14H,7-10H2,1-6H3. The summed E-state index contributed by atoms with van der Waals surface area (Å²) in [7, 11) is 4.09. The van der Waals surface area contributed by atoms with Crippen molar-refractivity contribution in [3.8, 4) is 0 Å². The second-order valence-corrected chi connectivity index (χ2v) is 6.84. The van der Waals surface area contributed by atoms with Crippen LogP contribution in [-0.2, 0) is 0 Å². The second-order valence-electron chi connectivity index (χ2n) is 6.84. The molecule has 20 heavy (non-hydrogen) atoms. The minimum absolute atomic E-state index is 0.173. The topological polar surface area (TPSA) is 30.0 Å². The van der Waals surface area contributed by atoms with E-state index in [9.17, 15) is 4.79 Å². The maximum atomic E-state index is 12.5. The number of likely N-dealkylation sites (N-methyl/N-ethyl adjacent to an activating group) is 1. The van der Waals surface area contributed by atoms with E-state index in [1.165, 1.54) is 0 Å². The van der Waals surface area contributed by atoms with Crippen LogP contribution in [0.4, 0.5) is 4.79 Å². The van der Waals surface area contributed by atoms with Crippen LogP contribution in [0, 0.1) is 0 Å². The number of carbonyl (C=O) groups is 1. The Morgan fingerprint density at radius 3 is 2.25 bits per heavy atom. The normalized spacial score (nSPS) is 28.3. The lowest BCUT2D eigenvalue weighted by molar-refractivity contribution is 0.0411. The van der Waals surface area contributed by atoms with Gasteiger partial charge in [0.15, 0.2) is 0 Å². The number of amides is 2. The summed E-state index contributed by atoms with van der Waals surface area (Å²) < 4.78 is 0. The van der Waals surface area contributed by atoms with Gasteiger partial charge in [0.25, 0.3) is 0 Å². The molecule has 5 heteroatoms. The van der Waals surface area contributed by atoms with Crippen LogP contribution >= 0.6 is 0 Å². The average Bonchev–Trinajstić information content (AvgIpc) is 2.82. The molecule has 116 valence electrons. The molecule has 2 fully saturated rings. The first-order chi connectivity index (χ1) is 9.32. The summed E-state index contributed by atoms with van der Waals surface area (Å²) in [5.41, 5.74) is 0. The predicted molar refractivity (Wildman–Crippen MR) is 81.9 cm³/mol. The minimum Gasteiger partial charge on any atom is -0.325 e. The highest BCUT2D eigenvalue weighted by molar-refractivity contribution is 5.75. The minimum atomic E-state index is 0.173. The molecule has 0 aromatic carbocycles. The molecule has 2 aliphatic heterocycles. The highest BCUT2D eigenvalue weighted by Gasteiger charge is 2.44. The number of likely N-dealkylation sites (tertiary alicyclic amines) is 1. The van der Waals surface area contributed by atoms with Crippen molar-refractivity contribution in [3.63, 3.8) is 0 Å². The third kappa shape index (κ3) is 2.79. The number of carbonyl (C=O) groups excluding carboxylic acids is 1. The van der Waals surface area contributed by atoms with Crippen molar-refractivity contribution in [2.45, 2.75) is 51.9 Å². The molecule has 0 N–H and O–H groups in total. The zero-order valence-corrected chi connectivity index (χ0v) is 13.8. The Morgan fingerprint density at radius 2 is 1.70 bits per heavy atom. The summed E-state index contributed by atoms with van der Waals surface area (Å²) in [6.45, 7) is 12.6. The average molecular weight is 282 g/mol. The van der Waals surface area contributed by atoms with Crippen LogP contribution in [0.25, 0.3) is 0 Å². The molecule has 2 saturated heterocycles. The van der Waals surface area contributed by atoms with Crippen LogP contribution in [0.5, 0.6) is 0 Å². The highest BCUT2D eigenvalue weighted by atomic mass is 16.2. The lowest BCUT2D eigenvalue weighted by Crippen LogP contribution is -2.59. The van der Waals surface area contributed by atoms with E-state index in [1.54, 1.807) is 0 Å². The van der Waals surface area contributed by atoms with E-state index in [-0.39, 0.29) is 12.1 Å². The van der Waals surface area contributed by atoms with E-state index in [0.29, 0.717) is 18.1 Å². The Labute approximate surface area is 123 Å². The summed E-state index contributed by atoms with van der Waals surface area (Å²) in [5, 5.41) is 0. The highest BCUT2D eigenvalue weighted by Crippen LogP contribution is 2.26. The van der Waals surface area contributed by atoms with Gasteiger partial charge in [0.2, 0.25) is 0 Å². The summed E-state index contributed by atoms with van der Waals surface area (Å²) in [6.07, 6.45) is 0. The number of hydrogen-bond acceptors (Lipinski definition) is 3. The first-order valence-corrected chi connectivity index (χ1v) is 7.80. The fourth-order valence-electron chi connectivity index (χ4n) is 3.37. The first kappa shape index (κ1) is 15.6. The molecule has 2 unspecified atom stereocenters. The van der Waals surface area contributed by atoms with Crippen LogP contribution in [0.2, 0.25) is 0 Å². The van der Waals surface area contributed by atoms with Gasteiger partial charge in [-0.1, -0.05) is 0 Å². The van der Waals surface area contributed by atoms with Crippen molar-refractivity contribution in [1.29, 1.82) is 0 Å². The van der Waals surface area contributed by atoms with Gasteiger partial charge in [0, 0.05) is 57.4 Å². The molecule has 2 rings (SSSR count). The van der Waals surface area contributed by atoms with Gasteiger partial charge in [-0.15, -0.1) is 0 Å². The van der Waals surface area contributed by atoms with E-state index in [2.05, 4.69) is 44.5 Å². The number of hydrogen-bond donors (Lipinski definition) is 0. The molecule has 0 saturated carbocycles. The maximum absolute atomic E-state index is 12.5. The summed E-state index contributed by atoms with van der Waals surface area (Å²) in [6, 6.07) is 1.94. The molecule has 0 aliphatic carbocycles. The SMILES string of the molecule is CC(C)N(C)C(=O)N1CC2C(C1)N(C(C)C)CCN2C. The van der Waals surface area contributed by atoms with Gasteiger partial charge in [-0.3, -0.25) is 9.80 Å². The van der Waals surface area contributed by atoms with Crippen LogP contribution in [0.3, 0.4) is 0 Å². The van der Waals surface area contributed by atoms with Crippen molar-refractivity contribution in [2.75, 3.05) is 40.3 Å². The smallest absolute Gasteiger partial charge is 0.320 e. The van der Waals surface area contributed by atoms with Crippen molar-refractivity contribution in [3.05, 3.63) is 0 Å². The Bertz CT molecular complexity index is 358. The molecule has 0 radical (unpaired) electrons. The van der Waals surface area contributed by atoms with Crippen molar-refractivity contribution in [1.82, 2.24) is 19.6 Å². The fraction of sp³-hybridized carbons (Fsp3) is 0.933. The predicted octanol–water partition coefficient (Wildman–Crippen LogP) is 1.16. The first-order valence-electron chi connectivity index (χ1n) is 7.80. The number of piperazine rings is 1. The molecule has 0 aromatic heterocycles. The van der Waals surface area contributed by atoms with Gasteiger partial charge in [-0.2, -0.15) is 0 Å². The van der Waals surface area contributed by atoms with Crippen molar-refractivity contribution in [2.24, 2.45) is 0 Å². The van der Waals surface area contributed by atoms with Crippen molar-refractivity contribution < 1.29 is 4.79 Å². The van der Waals surface area contributed by atoms with Crippen molar-refractivity contribution >= 4 is 6.03 Å². The molecule has 2 atom stereocenters. The quantitative estimate of drug-likeness (QED) is 0.761. The van der Waals surface area contributed by atoms with E-state index in [0.717, 1.165) is 26.2 Å². The Balaban J connectivity index is 2.09. The Hall–Kier alpha value is -0.810. The largest absolute Gasteiger partial charge is 0.325 e. The van der Waals surface area contributed by atoms with Gasteiger partial charge in [-0.05, 0) is 34.7 Å². The molecule has 0 aromatic rings. The van der Waals surface area contributed by atoms with Crippen LogP contribution in [0.1, 0.15) is 27.7 Å². The lowest BCUT2D eigenvalue weighted by atomic mass is 10.0. The molecule has 0 bridgehead atoms. The monoisotopic (exact) mass is 282 g/mol. The number of urea groups is 1. The summed E-state index contributed by atoms with van der Waals surface area (Å²) in [4.78, 5) is 21.4. The van der Waals surface area contributed by atoms with Crippen LogP contribution < -0.4 is 0 Å². The molecule has 2 aliphatic rings. The van der Waals surface area contributed by atoms with Gasteiger partial charge in [-0.25, -0.2) is 4.79 Å². The lowest BCUT2D eigenvalue weighted by Gasteiger charge is -2.44. The molecular weight excluding hydrogens is 252 g/mol. The zero-order valence-electron chi connectivity index (χ0n) is 13.8. The van der Waals surface area contributed by atoms with Crippen LogP contribution in [-0.4, -0.2) is 90.1 Å². The molecule has 5 nitrogen and oxygen atoms in total. The number of fused-ring (bicyclic) bond motifs is 1. The van der Waals surface area contributed by atoms with E-state index in [4.69, 9.17) is 0 Å². The number of rotatable bonds is 2. The van der Waals surface area contributed by atoms with E-state index in [1.807, 2.05) is 16.8 Å². The summed E-state index contributed by atoms with van der Waals surface area (Å²) in [5.74, 6) is 0. The molecule has 0 spiro atoms. The second kappa shape index (κ2) is 5.90. The number of nitrogens with zero attached hydrogens (tertiary/aromatic N) is 4. The molecule has 2 amide bonds. The third-order valence-electron chi connectivity index (χ3n) is 4.97. The zero-order chi connectivity index (χ0) is 15.0. The van der Waals surface area contributed by atoms with Gasteiger partial charge >= 0.3 is 6.03 Å². The van der Waals surface area contributed by atoms with Crippen LogP contribution in [0.15, 0.2) is 0 Å².